The minimum absolute atomic E-state index is 0.0911. The predicted molar refractivity (Wildman–Crippen MR) is 78.1 cm³/mol. The van der Waals surface area contributed by atoms with Crippen molar-refractivity contribution < 1.29 is 18.0 Å². The molecule has 0 radical (unpaired) electrons. The average molecular weight is 364 g/mol. The summed E-state index contributed by atoms with van der Waals surface area (Å²) in [6.07, 6.45) is -3.17. The molecule has 0 atom stereocenters. The van der Waals surface area contributed by atoms with Gasteiger partial charge in [-0.2, -0.15) is 13.2 Å². The maximum absolute atomic E-state index is 12.6. The molecule has 1 fully saturated rings. The van der Waals surface area contributed by atoms with E-state index in [1.54, 1.807) is 18.2 Å². The number of amides is 1. The van der Waals surface area contributed by atoms with Crippen molar-refractivity contribution in [3.63, 3.8) is 0 Å². The van der Waals surface area contributed by atoms with Gasteiger partial charge in [0, 0.05) is 16.1 Å². The SMILES string of the molecule is Cc1cc(C(=O)NC2CCC(C(F)(F)F)CC2)ccc1Br. The summed E-state index contributed by atoms with van der Waals surface area (Å²) < 4.78 is 38.7. The first-order chi connectivity index (χ1) is 9.77. The molecular formula is C15H17BrF3NO. The molecule has 116 valence electrons. The number of aryl methyl sites for hydroxylation is 1. The van der Waals surface area contributed by atoms with Gasteiger partial charge in [0.2, 0.25) is 0 Å². The van der Waals surface area contributed by atoms with Gasteiger partial charge in [-0.25, -0.2) is 0 Å². The zero-order valence-corrected chi connectivity index (χ0v) is 13.2. The van der Waals surface area contributed by atoms with Gasteiger partial charge in [0.15, 0.2) is 0 Å². The molecule has 21 heavy (non-hydrogen) atoms. The summed E-state index contributed by atoms with van der Waals surface area (Å²) in [5.41, 5.74) is 1.48. The fraction of sp³-hybridized carbons (Fsp3) is 0.533. The fourth-order valence-corrected chi connectivity index (χ4v) is 2.87. The van der Waals surface area contributed by atoms with Crippen LogP contribution in [0.25, 0.3) is 0 Å². The van der Waals surface area contributed by atoms with Gasteiger partial charge in [0.25, 0.3) is 5.91 Å². The topological polar surface area (TPSA) is 29.1 Å². The van der Waals surface area contributed by atoms with E-state index in [1.165, 1.54) is 0 Å². The van der Waals surface area contributed by atoms with Crippen molar-refractivity contribution in [2.24, 2.45) is 5.92 Å². The van der Waals surface area contributed by atoms with Crippen molar-refractivity contribution in [2.75, 3.05) is 0 Å². The van der Waals surface area contributed by atoms with Crippen LogP contribution in [0.4, 0.5) is 13.2 Å². The van der Waals surface area contributed by atoms with Crippen molar-refractivity contribution in [1.29, 1.82) is 0 Å². The Kier molecular flexibility index (Phi) is 4.96. The van der Waals surface area contributed by atoms with Gasteiger partial charge in [-0.1, -0.05) is 15.9 Å². The molecule has 0 aromatic heterocycles. The van der Waals surface area contributed by atoms with Crippen molar-refractivity contribution >= 4 is 21.8 Å². The van der Waals surface area contributed by atoms with E-state index >= 15 is 0 Å². The summed E-state index contributed by atoms with van der Waals surface area (Å²) in [5, 5.41) is 2.83. The summed E-state index contributed by atoms with van der Waals surface area (Å²) >= 11 is 3.36. The van der Waals surface area contributed by atoms with Crippen LogP contribution in [0.3, 0.4) is 0 Å². The van der Waals surface area contributed by atoms with Gasteiger partial charge in [-0.05, 0) is 56.4 Å². The summed E-state index contributed by atoms with van der Waals surface area (Å²) in [7, 11) is 0. The third kappa shape index (κ3) is 4.22. The Bertz CT molecular complexity index is 522. The monoisotopic (exact) mass is 363 g/mol. The van der Waals surface area contributed by atoms with Crippen LogP contribution in [-0.2, 0) is 0 Å². The number of hydrogen-bond donors (Lipinski definition) is 1. The van der Waals surface area contributed by atoms with E-state index in [-0.39, 0.29) is 24.8 Å². The average Bonchev–Trinajstić information content (AvgIpc) is 2.41. The molecule has 0 bridgehead atoms. The highest BCUT2D eigenvalue weighted by molar-refractivity contribution is 9.10. The molecule has 1 aliphatic rings. The molecule has 0 heterocycles. The third-order valence-corrected chi connectivity index (χ3v) is 4.84. The van der Waals surface area contributed by atoms with E-state index in [0.29, 0.717) is 18.4 Å². The zero-order valence-electron chi connectivity index (χ0n) is 11.6. The Labute approximate surface area is 130 Å². The van der Waals surface area contributed by atoms with Gasteiger partial charge < -0.3 is 5.32 Å². The van der Waals surface area contributed by atoms with Gasteiger partial charge in [0.05, 0.1) is 5.92 Å². The Balaban J connectivity index is 1.91. The second-order valence-corrected chi connectivity index (χ2v) is 6.38. The molecule has 1 aliphatic carbocycles. The Hall–Kier alpha value is -1.04. The van der Waals surface area contributed by atoms with Crippen molar-refractivity contribution in [1.82, 2.24) is 5.32 Å². The maximum atomic E-state index is 12.6. The molecule has 1 saturated carbocycles. The van der Waals surface area contributed by atoms with Gasteiger partial charge in [-0.3, -0.25) is 4.79 Å². The molecule has 1 aromatic rings. The normalized spacial score (nSPS) is 22.9. The third-order valence-electron chi connectivity index (χ3n) is 3.95. The number of alkyl halides is 3. The highest BCUT2D eigenvalue weighted by atomic mass is 79.9. The van der Waals surface area contributed by atoms with E-state index in [4.69, 9.17) is 0 Å². The smallest absolute Gasteiger partial charge is 0.349 e. The van der Waals surface area contributed by atoms with Crippen LogP contribution >= 0.6 is 15.9 Å². The summed E-state index contributed by atoms with van der Waals surface area (Å²) in [5.74, 6) is -1.44. The molecule has 0 aliphatic heterocycles. The van der Waals surface area contributed by atoms with E-state index < -0.39 is 12.1 Å². The highest BCUT2D eigenvalue weighted by Crippen LogP contribution is 2.37. The molecule has 0 unspecified atom stereocenters. The summed E-state index contributed by atoms with van der Waals surface area (Å²) in [6.45, 7) is 1.88. The van der Waals surface area contributed by atoms with Crippen LogP contribution in [0.15, 0.2) is 22.7 Å². The number of carbonyl (C=O) groups is 1. The second-order valence-electron chi connectivity index (χ2n) is 5.53. The lowest BCUT2D eigenvalue weighted by molar-refractivity contribution is -0.182. The molecule has 0 spiro atoms. The minimum Gasteiger partial charge on any atom is -0.349 e. The number of hydrogen-bond acceptors (Lipinski definition) is 1. The fourth-order valence-electron chi connectivity index (χ4n) is 2.62. The van der Waals surface area contributed by atoms with Gasteiger partial charge in [-0.15, -0.1) is 0 Å². The van der Waals surface area contributed by atoms with E-state index in [0.717, 1.165) is 10.0 Å². The number of nitrogens with one attached hydrogen (secondary N) is 1. The van der Waals surface area contributed by atoms with Crippen LogP contribution in [-0.4, -0.2) is 18.1 Å². The van der Waals surface area contributed by atoms with E-state index in [9.17, 15) is 18.0 Å². The van der Waals surface area contributed by atoms with Crippen LogP contribution in [0.5, 0.6) is 0 Å². The molecule has 2 rings (SSSR count). The molecule has 2 nitrogen and oxygen atoms in total. The zero-order chi connectivity index (χ0) is 15.6. The predicted octanol–water partition coefficient (Wildman–Crippen LogP) is 4.61. The van der Waals surface area contributed by atoms with Crippen LogP contribution in [0.2, 0.25) is 0 Å². The maximum Gasteiger partial charge on any atom is 0.391 e. The van der Waals surface area contributed by atoms with Crippen LogP contribution < -0.4 is 5.32 Å². The number of halogens is 4. The molecule has 0 saturated heterocycles. The lowest BCUT2D eigenvalue weighted by Gasteiger charge is -2.30. The Morgan fingerprint density at radius 3 is 2.38 bits per heavy atom. The van der Waals surface area contributed by atoms with E-state index in [1.807, 2.05) is 6.92 Å². The lowest BCUT2D eigenvalue weighted by atomic mass is 9.85. The molecular weight excluding hydrogens is 347 g/mol. The van der Waals surface area contributed by atoms with Crippen molar-refractivity contribution in [3.05, 3.63) is 33.8 Å². The van der Waals surface area contributed by atoms with Crippen LogP contribution in [0.1, 0.15) is 41.6 Å². The second kappa shape index (κ2) is 6.38. The standard InChI is InChI=1S/C15H17BrF3NO/c1-9-8-10(2-7-13(9)16)14(21)20-12-5-3-11(4-6-12)15(17,18)19/h2,7-8,11-12H,3-6H2,1H3,(H,20,21). The quantitative estimate of drug-likeness (QED) is 0.816. The first-order valence-electron chi connectivity index (χ1n) is 6.91. The first kappa shape index (κ1) is 16.3. The molecule has 1 N–H and O–H groups in total. The Morgan fingerprint density at radius 1 is 1.24 bits per heavy atom. The molecule has 1 amide bonds. The van der Waals surface area contributed by atoms with E-state index in [2.05, 4.69) is 21.2 Å². The highest BCUT2D eigenvalue weighted by Gasteiger charge is 2.41. The first-order valence-corrected chi connectivity index (χ1v) is 7.70. The number of rotatable bonds is 2. The van der Waals surface area contributed by atoms with Crippen molar-refractivity contribution in [2.45, 2.75) is 44.8 Å². The van der Waals surface area contributed by atoms with Gasteiger partial charge >= 0.3 is 6.18 Å². The number of benzene rings is 1. The molecule has 1 aromatic carbocycles. The Morgan fingerprint density at radius 2 is 1.86 bits per heavy atom. The summed E-state index contributed by atoms with van der Waals surface area (Å²) in [6, 6.07) is 5.10. The largest absolute Gasteiger partial charge is 0.391 e. The van der Waals surface area contributed by atoms with Crippen molar-refractivity contribution in [3.8, 4) is 0 Å². The molecule has 6 heteroatoms. The lowest BCUT2D eigenvalue weighted by Crippen LogP contribution is -2.40. The minimum atomic E-state index is -4.11. The van der Waals surface area contributed by atoms with Crippen LogP contribution in [0, 0.1) is 12.8 Å². The summed E-state index contributed by atoms with van der Waals surface area (Å²) in [4.78, 5) is 12.1. The number of carbonyl (C=O) groups excluding carboxylic acids is 1. The van der Waals surface area contributed by atoms with Gasteiger partial charge in [0.1, 0.15) is 0 Å².